The van der Waals surface area contributed by atoms with Crippen molar-refractivity contribution in [3.63, 3.8) is 0 Å². The zero-order chi connectivity index (χ0) is 24.7. The molecule has 3 saturated heterocycles. The zero-order valence-electron chi connectivity index (χ0n) is 20.5. The van der Waals surface area contributed by atoms with E-state index in [1.165, 1.54) is 4.90 Å². The Kier molecular flexibility index (Phi) is 6.75. The molecule has 34 heavy (non-hydrogen) atoms. The standard InChI is InChI=1S/C26H36N2O6/c1-5-7-13-27-22(30)21-26-14-16(3)25(4,34-26)20(24(32)33-6-2)19(26)23(31)28(21)18(15-29)17-11-9-8-10-12-17/h8-12,16,18-21,29H,5-7,13-15H2,1-4H3,(H,27,30)/t16?,18-,19+,20+,21?,25-,26?/m1/s1. The molecule has 2 amide bonds. The lowest BCUT2D eigenvalue weighted by Gasteiger charge is -2.37. The minimum absolute atomic E-state index is 0.0545. The van der Waals surface area contributed by atoms with E-state index in [1.807, 2.05) is 51.1 Å². The van der Waals surface area contributed by atoms with Crippen molar-refractivity contribution in [1.29, 1.82) is 0 Å². The van der Waals surface area contributed by atoms with Gasteiger partial charge in [0.25, 0.3) is 0 Å². The molecule has 1 aromatic rings. The number of carbonyl (C=O) groups is 3. The summed E-state index contributed by atoms with van der Waals surface area (Å²) in [6.07, 6.45) is 2.21. The molecular formula is C26H36N2O6. The van der Waals surface area contributed by atoms with E-state index in [0.717, 1.165) is 18.4 Å². The topological polar surface area (TPSA) is 105 Å². The van der Waals surface area contributed by atoms with Crippen LogP contribution in [-0.2, 0) is 23.9 Å². The van der Waals surface area contributed by atoms with Crippen molar-refractivity contribution < 1.29 is 29.0 Å². The number of amides is 2. The van der Waals surface area contributed by atoms with Crippen LogP contribution in [0.25, 0.3) is 0 Å². The highest BCUT2D eigenvalue weighted by molar-refractivity contribution is 5.98. The Balaban J connectivity index is 1.82. The maximum Gasteiger partial charge on any atom is 0.312 e. The van der Waals surface area contributed by atoms with E-state index in [4.69, 9.17) is 9.47 Å². The SMILES string of the molecule is CCCCNC(=O)C1N([C@H](CO)c2ccccc2)C(=O)[C@@H]2[C@@H](C(=O)OCC)[C@]3(C)OC12CC3C. The molecule has 0 saturated carbocycles. The molecule has 4 rings (SSSR count). The molecule has 3 aliphatic heterocycles. The van der Waals surface area contributed by atoms with Crippen molar-refractivity contribution in [3.8, 4) is 0 Å². The van der Waals surface area contributed by atoms with Crippen LogP contribution >= 0.6 is 0 Å². The van der Waals surface area contributed by atoms with Crippen molar-refractivity contribution in [2.75, 3.05) is 19.8 Å². The van der Waals surface area contributed by atoms with Gasteiger partial charge in [-0.05, 0) is 38.2 Å². The van der Waals surface area contributed by atoms with Gasteiger partial charge >= 0.3 is 5.97 Å². The van der Waals surface area contributed by atoms with Gasteiger partial charge in [0.05, 0.1) is 30.8 Å². The van der Waals surface area contributed by atoms with E-state index >= 15 is 0 Å². The number of carbonyl (C=O) groups excluding carboxylic acids is 3. The number of likely N-dealkylation sites (tertiary alicyclic amines) is 1. The molecule has 0 aliphatic carbocycles. The number of fused-ring (bicyclic) bond motifs is 1. The van der Waals surface area contributed by atoms with Gasteiger partial charge in [0, 0.05) is 6.54 Å². The number of hydrogen-bond donors (Lipinski definition) is 2. The van der Waals surface area contributed by atoms with Crippen molar-refractivity contribution >= 4 is 17.8 Å². The lowest BCUT2D eigenvalue weighted by atomic mass is 9.62. The second-order valence-electron chi connectivity index (χ2n) is 9.96. The summed E-state index contributed by atoms with van der Waals surface area (Å²) in [6, 6.07) is 7.50. The zero-order valence-corrected chi connectivity index (χ0v) is 20.5. The molecule has 3 aliphatic rings. The van der Waals surface area contributed by atoms with Crippen LogP contribution in [0.15, 0.2) is 30.3 Å². The summed E-state index contributed by atoms with van der Waals surface area (Å²) in [5.41, 5.74) is -1.33. The van der Waals surface area contributed by atoms with Gasteiger partial charge in [0.2, 0.25) is 11.8 Å². The number of unbranched alkanes of at least 4 members (excludes halogenated alkanes) is 1. The molecule has 8 nitrogen and oxygen atoms in total. The van der Waals surface area contributed by atoms with E-state index in [2.05, 4.69) is 5.32 Å². The van der Waals surface area contributed by atoms with Gasteiger partial charge in [0.15, 0.2) is 0 Å². The Labute approximate surface area is 201 Å². The Bertz CT molecular complexity index is 938. The lowest BCUT2D eigenvalue weighted by Crippen LogP contribution is -2.56. The molecule has 0 radical (unpaired) electrons. The van der Waals surface area contributed by atoms with Crippen molar-refractivity contribution in [3.05, 3.63) is 35.9 Å². The van der Waals surface area contributed by atoms with E-state index in [-0.39, 0.29) is 30.9 Å². The quantitative estimate of drug-likeness (QED) is 0.422. The number of nitrogens with zero attached hydrogens (tertiary/aromatic N) is 1. The van der Waals surface area contributed by atoms with Crippen LogP contribution in [0, 0.1) is 17.8 Å². The molecule has 2 N–H and O–H groups in total. The van der Waals surface area contributed by atoms with Crippen LogP contribution in [0.2, 0.25) is 0 Å². The number of benzene rings is 1. The highest BCUT2D eigenvalue weighted by Crippen LogP contribution is 2.66. The first-order valence-electron chi connectivity index (χ1n) is 12.4. The van der Waals surface area contributed by atoms with Crippen LogP contribution < -0.4 is 5.32 Å². The van der Waals surface area contributed by atoms with Gasteiger partial charge in [-0.1, -0.05) is 50.6 Å². The Morgan fingerprint density at radius 2 is 2.00 bits per heavy atom. The Morgan fingerprint density at radius 3 is 2.62 bits per heavy atom. The van der Waals surface area contributed by atoms with Gasteiger partial charge in [-0.3, -0.25) is 14.4 Å². The normalized spacial score (nSPS) is 34.7. The molecule has 3 heterocycles. The molecule has 1 aromatic carbocycles. The number of aliphatic hydroxyl groups excluding tert-OH is 1. The second kappa shape index (κ2) is 9.30. The summed E-state index contributed by atoms with van der Waals surface area (Å²) in [5.74, 6) is -2.82. The van der Waals surface area contributed by atoms with Crippen LogP contribution in [0.5, 0.6) is 0 Å². The van der Waals surface area contributed by atoms with Crippen molar-refractivity contribution in [2.45, 2.75) is 70.2 Å². The van der Waals surface area contributed by atoms with Crippen molar-refractivity contribution in [1.82, 2.24) is 10.2 Å². The van der Waals surface area contributed by atoms with Gasteiger partial charge in [-0.25, -0.2) is 0 Å². The first-order valence-corrected chi connectivity index (χ1v) is 12.4. The number of esters is 1. The minimum atomic E-state index is -1.15. The fraction of sp³-hybridized carbons (Fsp3) is 0.654. The van der Waals surface area contributed by atoms with Gasteiger partial charge in [0.1, 0.15) is 17.6 Å². The summed E-state index contributed by atoms with van der Waals surface area (Å²) in [6.45, 7) is 7.95. The first-order chi connectivity index (χ1) is 16.3. The van der Waals surface area contributed by atoms with E-state index in [1.54, 1.807) is 6.92 Å². The Morgan fingerprint density at radius 1 is 1.29 bits per heavy atom. The molecule has 2 bridgehead atoms. The second-order valence-corrected chi connectivity index (χ2v) is 9.96. The summed E-state index contributed by atoms with van der Waals surface area (Å²) >= 11 is 0. The van der Waals surface area contributed by atoms with E-state index in [0.29, 0.717) is 13.0 Å². The Hall–Kier alpha value is -2.45. The maximum atomic E-state index is 14.1. The third kappa shape index (κ3) is 3.53. The van der Waals surface area contributed by atoms with Gasteiger partial charge in [-0.15, -0.1) is 0 Å². The molecule has 1 spiro atoms. The lowest BCUT2D eigenvalue weighted by molar-refractivity contribution is -0.162. The highest BCUT2D eigenvalue weighted by atomic mass is 16.6. The molecule has 0 aromatic heterocycles. The summed E-state index contributed by atoms with van der Waals surface area (Å²) < 4.78 is 12.0. The maximum absolute atomic E-state index is 14.1. The third-order valence-corrected chi connectivity index (χ3v) is 8.06. The number of ether oxygens (including phenoxy) is 2. The van der Waals surface area contributed by atoms with Crippen LogP contribution in [0.1, 0.15) is 58.6 Å². The fourth-order valence-corrected chi connectivity index (χ4v) is 6.42. The molecule has 7 atom stereocenters. The number of aliphatic hydroxyl groups is 1. The first kappa shape index (κ1) is 24.7. The fourth-order valence-electron chi connectivity index (χ4n) is 6.42. The largest absolute Gasteiger partial charge is 0.466 e. The predicted molar refractivity (Wildman–Crippen MR) is 124 cm³/mol. The average molecular weight is 473 g/mol. The van der Waals surface area contributed by atoms with E-state index < -0.39 is 41.1 Å². The molecule has 186 valence electrons. The molecule has 8 heteroatoms. The number of hydrogen-bond acceptors (Lipinski definition) is 6. The molecule has 3 unspecified atom stereocenters. The van der Waals surface area contributed by atoms with Gasteiger partial charge < -0.3 is 24.8 Å². The monoisotopic (exact) mass is 472 g/mol. The van der Waals surface area contributed by atoms with Crippen LogP contribution in [0.3, 0.4) is 0 Å². The average Bonchev–Trinajstić information content (AvgIpc) is 3.33. The smallest absolute Gasteiger partial charge is 0.312 e. The van der Waals surface area contributed by atoms with E-state index in [9.17, 15) is 19.5 Å². The van der Waals surface area contributed by atoms with Crippen molar-refractivity contribution in [2.24, 2.45) is 17.8 Å². The summed E-state index contributed by atoms with van der Waals surface area (Å²) in [7, 11) is 0. The summed E-state index contributed by atoms with van der Waals surface area (Å²) in [4.78, 5) is 42.4. The highest BCUT2D eigenvalue weighted by Gasteiger charge is 2.80. The van der Waals surface area contributed by atoms with Crippen LogP contribution in [0.4, 0.5) is 0 Å². The minimum Gasteiger partial charge on any atom is -0.466 e. The third-order valence-electron chi connectivity index (χ3n) is 8.06. The number of nitrogens with one attached hydrogen (secondary N) is 1. The molecule has 3 fully saturated rings. The summed E-state index contributed by atoms with van der Waals surface area (Å²) in [5, 5.41) is 13.4. The van der Waals surface area contributed by atoms with Gasteiger partial charge in [-0.2, -0.15) is 0 Å². The molecular weight excluding hydrogens is 436 g/mol. The number of rotatable bonds is 9. The van der Waals surface area contributed by atoms with Crippen LogP contribution in [-0.4, -0.2) is 64.8 Å². The predicted octanol–water partition coefficient (Wildman–Crippen LogP) is 2.21.